The number of nitro groups is 1. The number of halogens is 1. The Morgan fingerprint density at radius 2 is 1.80 bits per heavy atom. The predicted molar refractivity (Wildman–Crippen MR) is 73.3 cm³/mol. The van der Waals surface area contributed by atoms with Crippen LogP contribution in [0.2, 0.25) is 5.15 Å². The molecule has 0 atom stereocenters. The highest BCUT2D eigenvalue weighted by molar-refractivity contribution is 6.29. The zero-order valence-corrected chi connectivity index (χ0v) is 11.1. The fourth-order valence-corrected chi connectivity index (χ4v) is 1.61. The number of hydrogen-bond donors (Lipinski definition) is 0. The Balaban J connectivity index is 1.91. The van der Waals surface area contributed by atoms with Crippen molar-refractivity contribution >= 4 is 17.3 Å². The van der Waals surface area contributed by atoms with Crippen LogP contribution in [0.3, 0.4) is 0 Å². The van der Waals surface area contributed by atoms with Gasteiger partial charge >= 0.3 is 5.69 Å². The van der Waals surface area contributed by atoms with Gasteiger partial charge in [0.1, 0.15) is 24.1 Å². The van der Waals surface area contributed by atoms with E-state index in [4.69, 9.17) is 21.1 Å². The topological polar surface area (TPSA) is 74.5 Å². The van der Waals surface area contributed by atoms with Crippen LogP contribution in [-0.4, -0.2) is 23.1 Å². The second-order valence-electron chi connectivity index (χ2n) is 3.73. The SMILES string of the molecule is O=[N+]([O-])c1ccc(Cl)nc1OCCOc1ccccc1. The van der Waals surface area contributed by atoms with E-state index >= 15 is 0 Å². The maximum atomic E-state index is 10.8. The molecule has 1 aromatic carbocycles. The highest BCUT2D eigenvalue weighted by Gasteiger charge is 2.17. The summed E-state index contributed by atoms with van der Waals surface area (Å²) in [6.07, 6.45) is 0. The van der Waals surface area contributed by atoms with Crippen molar-refractivity contribution in [3.05, 3.63) is 57.7 Å². The van der Waals surface area contributed by atoms with E-state index in [0.29, 0.717) is 5.75 Å². The number of pyridine rings is 1. The Hall–Kier alpha value is -2.34. The lowest BCUT2D eigenvalue weighted by atomic mass is 10.3. The molecule has 6 nitrogen and oxygen atoms in total. The van der Waals surface area contributed by atoms with Crippen LogP contribution in [0.4, 0.5) is 5.69 Å². The molecule has 1 aromatic heterocycles. The van der Waals surface area contributed by atoms with Crippen molar-refractivity contribution in [1.82, 2.24) is 4.98 Å². The zero-order chi connectivity index (χ0) is 14.4. The predicted octanol–water partition coefficient (Wildman–Crippen LogP) is 3.10. The average molecular weight is 295 g/mol. The summed E-state index contributed by atoms with van der Waals surface area (Å²) in [5, 5.41) is 10.9. The molecule has 0 spiro atoms. The lowest BCUT2D eigenvalue weighted by Gasteiger charge is -2.07. The maximum Gasteiger partial charge on any atom is 0.331 e. The Bertz CT molecular complexity index is 592. The van der Waals surface area contributed by atoms with Gasteiger partial charge in [-0.3, -0.25) is 10.1 Å². The Kier molecular flexibility index (Phi) is 4.73. The van der Waals surface area contributed by atoms with Crippen LogP contribution in [0.5, 0.6) is 11.6 Å². The molecule has 0 aliphatic carbocycles. The molecule has 1 heterocycles. The number of para-hydroxylation sites is 1. The van der Waals surface area contributed by atoms with E-state index in [-0.39, 0.29) is 29.9 Å². The van der Waals surface area contributed by atoms with Crippen molar-refractivity contribution in [2.75, 3.05) is 13.2 Å². The van der Waals surface area contributed by atoms with Gasteiger partial charge in [-0.25, -0.2) is 0 Å². The van der Waals surface area contributed by atoms with Crippen LogP contribution in [-0.2, 0) is 0 Å². The largest absolute Gasteiger partial charge is 0.490 e. The van der Waals surface area contributed by atoms with Gasteiger partial charge in [-0.05, 0) is 18.2 Å². The maximum absolute atomic E-state index is 10.8. The summed E-state index contributed by atoms with van der Waals surface area (Å²) in [4.78, 5) is 14.0. The van der Waals surface area contributed by atoms with Gasteiger partial charge in [-0.1, -0.05) is 29.8 Å². The third-order valence-electron chi connectivity index (χ3n) is 2.34. The Labute approximate surface area is 120 Å². The van der Waals surface area contributed by atoms with E-state index in [2.05, 4.69) is 4.98 Å². The fourth-order valence-electron chi connectivity index (χ4n) is 1.47. The summed E-state index contributed by atoms with van der Waals surface area (Å²) < 4.78 is 10.6. The summed E-state index contributed by atoms with van der Waals surface area (Å²) in [6, 6.07) is 11.8. The number of aromatic nitrogens is 1. The summed E-state index contributed by atoms with van der Waals surface area (Å²) >= 11 is 5.69. The van der Waals surface area contributed by atoms with Crippen LogP contribution >= 0.6 is 11.6 Å². The monoisotopic (exact) mass is 294 g/mol. The molecule has 7 heteroatoms. The molecule has 2 rings (SSSR count). The Morgan fingerprint density at radius 3 is 2.50 bits per heavy atom. The van der Waals surface area contributed by atoms with Crippen molar-refractivity contribution in [3.8, 4) is 11.6 Å². The standard InChI is InChI=1S/C13H11ClN2O4/c14-12-7-6-11(16(17)18)13(15-12)20-9-8-19-10-4-2-1-3-5-10/h1-7H,8-9H2. The summed E-state index contributed by atoms with van der Waals surface area (Å²) in [5.41, 5.74) is -0.228. The van der Waals surface area contributed by atoms with Crippen molar-refractivity contribution in [2.45, 2.75) is 0 Å². The van der Waals surface area contributed by atoms with Crippen LogP contribution in [0.1, 0.15) is 0 Å². The number of rotatable bonds is 6. The molecular weight excluding hydrogens is 284 g/mol. The third-order valence-corrected chi connectivity index (χ3v) is 2.55. The van der Waals surface area contributed by atoms with Crippen LogP contribution < -0.4 is 9.47 Å². The minimum absolute atomic E-state index is 0.112. The van der Waals surface area contributed by atoms with Crippen molar-refractivity contribution in [3.63, 3.8) is 0 Å². The molecule has 0 amide bonds. The van der Waals surface area contributed by atoms with Gasteiger partial charge in [0.05, 0.1) is 4.92 Å². The van der Waals surface area contributed by atoms with E-state index in [1.54, 1.807) is 12.1 Å². The van der Waals surface area contributed by atoms with Gasteiger partial charge in [-0.2, -0.15) is 4.98 Å². The molecule has 2 aromatic rings. The summed E-state index contributed by atoms with van der Waals surface area (Å²) in [7, 11) is 0. The number of nitrogens with zero attached hydrogens (tertiary/aromatic N) is 2. The molecular formula is C13H11ClN2O4. The minimum atomic E-state index is -0.573. The van der Waals surface area contributed by atoms with Gasteiger partial charge in [0, 0.05) is 6.07 Å². The molecule has 0 fully saturated rings. The van der Waals surface area contributed by atoms with E-state index in [1.807, 2.05) is 18.2 Å². The van der Waals surface area contributed by atoms with Gasteiger partial charge in [0.15, 0.2) is 0 Å². The van der Waals surface area contributed by atoms with E-state index in [9.17, 15) is 10.1 Å². The van der Waals surface area contributed by atoms with Crippen molar-refractivity contribution < 1.29 is 14.4 Å². The zero-order valence-electron chi connectivity index (χ0n) is 10.4. The highest BCUT2D eigenvalue weighted by atomic mass is 35.5. The van der Waals surface area contributed by atoms with Gasteiger partial charge in [-0.15, -0.1) is 0 Å². The molecule has 0 bridgehead atoms. The quantitative estimate of drug-likeness (QED) is 0.354. The first-order valence-corrected chi connectivity index (χ1v) is 6.16. The first-order valence-electron chi connectivity index (χ1n) is 5.78. The summed E-state index contributed by atoms with van der Waals surface area (Å²) in [5.74, 6) is 0.587. The second-order valence-corrected chi connectivity index (χ2v) is 4.11. The summed E-state index contributed by atoms with van der Waals surface area (Å²) in [6.45, 7) is 0.373. The number of hydrogen-bond acceptors (Lipinski definition) is 5. The second kappa shape index (κ2) is 6.72. The van der Waals surface area contributed by atoms with E-state index < -0.39 is 4.92 Å². The molecule has 0 N–H and O–H groups in total. The molecule has 0 aliphatic heterocycles. The third kappa shape index (κ3) is 3.83. The van der Waals surface area contributed by atoms with Crippen molar-refractivity contribution in [2.24, 2.45) is 0 Å². The minimum Gasteiger partial charge on any atom is -0.490 e. The first kappa shape index (κ1) is 14.1. The molecule has 0 aliphatic rings. The van der Waals surface area contributed by atoms with E-state index in [0.717, 1.165) is 0 Å². The molecule has 0 saturated carbocycles. The highest BCUT2D eigenvalue weighted by Crippen LogP contribution is 2.26. The normalized spacial score (nSPS) is 10.1. The van der Waals surface area contributed by atoms with Gasteiger partial charge < -0.3 is 9.47 Å². The smallest absolute Gasteiger partial charge is 0.331 e. The van der Waals surface area contributed by atoms with Crippen LogP contribution in [0.15, 0.2) is 42.5 Å². The van der Waals surface area contributed by atoms with E-state index in [1.165, 1.54) is 12.1 Å². The van der Waals surface area contributed by atoms with Crippen LogP contribution in [0, 0.1) is 10.1 Å². The lowest BCUT2D eigenvalue weighted by Crippen LogP contribution is -2.10. The van der Waals surface area contributed by atoms with Crippen LogP contribution in [0.25, 0.3) is 0 Å². The fraction of sp³-hybridized carbons (Fsp3) is 0.154. The molecule has 20 heavy (non-hydrogen) atoms. The average Bonchev–Trinajstić information content (AvgIpc) is 2.44. The van der Waals surface area contributed by atoms with Gasteiger partial charge in [0.2, 0.25) is 0 Å². The number of ether oxygens (including phenoxy) is 2. The molecule has 0 unspecified atom stereocenters. The van der Waals surface area contributed by atoms with Gasteiger partial charge in [0.25, 0.3) is 5.88 Å². The molecule has 104 valence electrons. The lowest BCUT2D eigenvalue weighted by molar-refractivity contribution is -0.386. The first-order chi connectivity index (χ1) is 9.66. The molecule has 0 radical (unpaired) electrons. The molecule has 0 saturated heterocycles. The number of benzene rings is 1. The Morgan fingerprint density at radius 1 is 1.10 bits per heavy atom. The van der Waals surface area contributed by atoms with Crippen molar-refractivity contribution in [1.29, 1.82) is 0 Å².